The number of rotatable bonds is 5. The molecule has 2 atom stereocenters. The summed E-state index contributed by atoms with van der Waals surface area (Å²) in [5.41, 5.74) is 6.89. The summed E-state index contributed by atoms with van der Waals surface area (Å²) in [6, 6.07) is 11.7. The van der Waals surface area contributed by atoms with E-state index in [1.807, 2.05) is 25.1 Å². The minimum atomic E-state index is -0.773. The highest BCUT2D eigenvalue weighted by Crippen LogP contribution is 2.43. The van der Waals surface area contributed by atoms with Crippen LogP contribution < -0.4 is 16.5 Å². The zero-order chi connectivity index (χ0) is 20.7. The Hall–Kier alpha value is -3.35. The van der Waals surface area contributed by atoms with Crippen LogP contribution in [0.3, 0.4) is 0 Å². The Bertz CT molecular complexity index is 1160. The highest BCUT2D eigenvalue weighted by molar-refractivity contribution is 5.99. The standard InChI is InChI=1S/C22H22FN3O3/c1-3-26-11-14(22(28)29-2)21(27)18-17(26)10-16(19(23)20(18)24)25-15-9-13(15)12-7-5-4-6-8-12/h4-8,10-11,13,15,25H,3,9,24H2,1-2H3. The predicted octanol–water partition coefficient (Wildman–Crippen LogP) is 3.50. The van der Waals surface area contributed by atoms with Crippen LogP contribution in [0.25, 0.3) is 10.9 Å². The van der Waals surface area contributed by atoms with E-state index >= 15 is 4.39 Å². The molecule has 0 radical (unpaired) electrons. The Morgan fingerprint density at radius 3 is 2.72 bits per heavy atom. The fraction of sp³-hybridized carbons (Fsp3) is 0.273. The number of carbonyl (C=O) groups excluding carboxylic acids is 1. The van der Waals surface area contributed by atoms with Gasteiger partial charge in [-0.3, -0.25) is 4.79 Å². The summed E-state index contributed by atoms with van der Waals surface area (Å²) in [5.74, 6) is -1.15. The number of halogens is 1. The van der Waals surface area contributed by atoms with Gasteiger partial charge in [-0.15, -0.1) is 0 Å². The molecule has 2 aromatic carbocycles. The first-order chi connectivity index (χ1) is 14.0. The van der Waals surface area contributed by atoms with Crippen LogP contribution in [-0.2, 0) is 11.3 Å². The van der Waals surface area contributed by atoms with Gasteiger partial charge in [0.05, 0.1) is 29.4 Å². The number of nitrogens with zero attached hydrogens (tertiary/aromatic N) is 1. The Labute approximate surface area is 167 Å². The topological polar surface area (TPSA) is 86.3 Å². The lowest BCUT2D eigenvalue weighted by Gasteiger charge is -2.16. The van der Waals surface area contributed by atoms with Gasteiger partial charge in [-0.25, -0.2) is 9.18 Å². The van der Waals surface area contributed by atoms with Crippen molar-refractivity contribution >= 4 is 28.2 Å². The molecule has 1 saturated carbocycles. The summed E-state index contributed by atoms with van der Waals surface area (Å²) >= 11 is 0. The molecule has 0 bridgehead atoms. The van der Waals surface area contributed by atoms with Crippen molar-refractivity contribution in [1.29, 1.82) is 0 Å². The third kappa shape index (κ3) is 3.22. The van der Waals surface area contributed by atoms with Crippen LogP contribution >= 0.6 is 0 Å². The molecule has 0 saturated heterocycles. The average molecular weight is 395 g/mol. The molecular formula is C22H22FN3O3. The molecular weight excluding hydrogens is 373 g/mol. The van der Waals surface area contributed by atoms with Crippen LogP contribution in [0.4, 0.5) is 15.8 Å². The third-order valence-electron chi connectivity index (χ3n) is 5.45. The van der Waals surface area contributed by atoms with Crippen LogP contribution in [0.2, 0.25) is 0 Å². The van der Waals surface area contributed by atoms with E-state index in [0.717, 1.165) is 6.42 Å². The van der Waals surface area contributed by atoms with Gasteiger partial charge in [-0.2, -0.15) is 0 Å². The number of nitrogens with one attached hydrogen (secondary N) is 1. The molecule has 1 heterocycles. The molecule has 150 valence electrons. The number of esters is 1. The van der Waals surface area contributed by atoms with Crippen molar-refractivity contribution in [3.05, 3.63) is 69.8 Å². The van der Waals surface area contributed by atoms with Crippen LogP contribution in [0.15, 0.2) is 47.4 Å². The monoisotopic (exact) mass is 395 g/mol. The van der Waals surface area contributed by atoms with Crippen molar-refractivity contribution < 1.29 is 13.9 Å². The number of aromatic nitrogens is 1. The van der Waals surface area contributed by atoms with E-state index in [0.29, 0.717) is 18.0 Å². The van der Waals surface area contributed by atoms with Gasteiger partial charge in [0.1, 0.15) is 5.56 Å². The summed E-state index contributed by atoms with van der Waals surface area (Å²) in [6.45, 7) is 2.34. The van der Waals surface area contributed by atoms with Crippen LogP contribution in [-0.4, -0.2) is 23.7 Å². The van der Waals surface area contributed by atoms with Crippen LogP contribution in [0.1, 0.15) is 35.2 Å². The zero-order valence-electron chi connectivity index (χ0n) is 16.2. The van der Waals surface area contributed by atoms with E-state index in [-0.39, 0.29) is 28.4 Å². The lowest BCUT2D eigenvalue weighted by molar-refractivity contribution is 0.0598. The second-order valence-electron chi connectivity index (χ2n) is 7.20. The molecule has 1 fully saturated rings. The van der Waals surface area contributed by atoms with E-state index in [2.05, 4.69) is 22.2 Å². The molecule has 0 spiro atoms. The Kier molecular flexibility index (Phi) is 4.74. The highest BCUT2D eigenvalue weighted by atomic mass is 19.1. The fourth-order valence-electron chi connectivity index (χ4n) is 3.79. The molecule has 3 aromatic rings. The van der Waals surface area contributed by atoms with Gasteiger partial charge in [0.2, 0.25) is 5.43 Å². The van der Waals surface area contributed by atoms with Crippen molar-refractivity contribution in [2.45, 2.75) is 31.8 Å². The SMILES string of the molecule is CCn1cc(C(=O)OC)c(=O)c2c(N)c(F)c(NC3CC3c3ccccc3)cc21. The molecule has 0 aliphatic heterocycles. The molecule has 4 rings (SSSR count). The van der Waals surface area contributed by atoms with Gasteiger partial charge >= 0.3 is 5.97 Å². The maximum atomic E-state index is 15.0. The third-order valence-corrected chi connectivity index (χ3v) is 5.45. The number of anilines is 2. The maximum Gasteiger partial charge on any atom is 0.343 e. The van der Waals surface area contributed by atoms with E-state index in [1.54, 1.807) is 10.6 Å². The minimum absolute atomic E-state index is 0.00629. The van der Waals surface area contributed by atoms with Crippen LogP contribution in [0, 0.1) is 5.82 Å². The van der Waals surface area contributed by atoms with Crippen molar-refractivity contribution in [3.63, 3.8) is 0 Å². The number of nitrogen functional groups attached to an aromatic ring is 1. The smallest absolute Gasteiger partial charge is 0.343 e. The molecule has 2 unspecified atom stereocenters. The summed E-state index contributed by atoms with van der Waals surface area (Å²) in [7, 11) is 1.19. The second kappa shape index (κ2) is 7.24. The predicted molar refractivity (Wildman–Crippen MR) is 111 cm³/mol. The Morgan fingerprint density at radius 1 is 1.34 bits per heavy atom. The van der Waals surface area contributed by atoms with Crippen molar-refractivity contribution in [3.8, 4) is 0 Å². The molecule has 1 aromatic heterocycles. The zero-order valence-corrected chi connectivity index (χ0v) is 16.2. The summed E-state index contributed by atoms with van der Waals surface area (Å²) in [4.78, 5) is 24.7. The summed E-state index contributed by atoms with van der Waals surface area (Å²) < 4.78 is 21.4. The van der Waals surface area contributed by atoms with Gasteiger partial charge in [-0.1, -0.05) is 30.3 Å². The van der Waals surface area contributed by atoms with Gasteiger partial charge in [0, 0.05) is 24.7 Å². The molecule has 1 aliphatic carbocycles. The number of hydrogen-bond acceptors (Lipinski definition) is 5. The van der Waals surface area contributed by atoms with Crippen molar-refractivity contribution in [2.75, 3.05) is 18.2 Å². The Balaban J connectivity index is 1.77. The second-order valence-corrected chi connectivity index (χ2v) is 7.20. The first kappa shape index (κ1) is 19.0. The highest BCUT2D eigenvalue weighted by Gasteiger charge is 2.39. The lowest BCUT2D eigenvalue weighted by atomic mass is 10.1. The largest absolute Gasteiger partial charge is 0.465 e. The van der Waals surface area contributed by atoms with Crippen molar-refractivity contribution in [2.24, 2.45) is 0 Å². The molecule has 7 heteroatoms. The van der Waals surface area contributed by atoms with E-state index in [9.17, 15) is 9.59 Å². The van der Waals surface area contributed by atoms with E-state index in [1.165, 1.54) is 18.9 Å². The first-order valence-electron chi connectivity index (χ1n) is 9.51. The number of fused-ring (bicyclic) bond motifs is 1. The number of hydrogen-bond donors (Lipinski definition) is 2. The Morgan fingerprint density at radius 2 is 2.07 bits per heavy atom. The van der Waals surface area contributed by atoms with Gasteiger partial charge in [0.25, 0.3) is 0 Å². The number of aryl methyl sites for hydroxylation is 1. The quantitative estimate of drug-likeness (QED) is 0.510. The van der Waals surface area contributed by atoms with E-state index in [4.69, 9.17) is 5.73 Å². The van der Waals surface area contributed by atoms with Crippen molar-refractivity contribution in [1.82, 2.24) is 4.57 Å². The number of methoxy groups -OCH3 is 1. The minimum Gasteiger partial charge on any atom is -0.465 e. The van der Waals surface area contributed by atoms with E-state index < -0.39 is 17.2 Å². The maximum absolute atomic E-state index is 15.0. The lowest BCUT2D eigenvalue weighted by Crippen LogP contribution is -2.22. The number of carbonyl (C=O) groups is 1. The van der Waals surface area contributed by atoms with Gasteiger partial charge in [-0.05, 0) is 25.0 Å². The normalized spacial score (nSPS) is 17.9. The van der Waals surface area contributed by atoms with Crippen LogP contribution in [0.5, 0.6) is 0 Å². The number of nitrogens with two attached hydrogens (primary N) is 1. The van der Waals surface area contributed by atoms with Gasteiger partial charge in [0.15, 0.2) is 5.82 Å². The van der Waals surface area contributed by atoms with Gasteiger partial charge < -0.3 is 20.4 Å². The number of pyridine rings is 1. The molecule has 6 nitrogen and oxygen atoms in total. The molecule has 1 aliphatic rings. The number of ether oxygens (including phenoxy) is 1. The molecule has 29 heavy (non-hydrogen) atoms. The average Bonchev–Trinajstić information content (AvgIpc) is 3.51. The summed E-state index contributed by atoms with van der Waals surface area (Å²) in [6.07, 6.45) is 2.32. The fourth-order valence-corrected chi connectivity index (χ4v) is 3.79. The summed E-state index contributed by atoms with van der Waals surface area (Å²) in [5, 5.41) is 3.22. The molecule has 0 amide bonds. The number of benzene rings is 2. The molecule has 3 N–H and O–H groups in total. The first-order valence-corrected chi connectivity index (χ1v) is 9.51.